The Morgan fingerprint density at radius 2 is 2.05 bits per heavy atom. The molecule has 0 radical (unpaired) electrons. The van der Waals surface area contributed by atoms with Gasteiger partial charge in [-0.1, -0.05) is 12.1 Å². The second-order valence-corrected chi connectivity index (χ2v) is 6.93. The molecule has 1 heterocycles. The van der Waals surface area contributed by atoms with Crippen LogP contribution in [0.1, 0.15) is 18.9 Å². The summed E-state index contributed by atoms with van der Waals surface area (Å²) in [5.74, 6) is 0.251. The van der Waals surface area contributed by atoms with Crippen LogP contribution in [0.25, 0.3) is 0 Å². The SMILES string of the molecule is CC1OCCC1CNS(=O)(=O)c1ccc(CCN)cc1. The zero-order chi connectivity index (χ0) is 14.6. The lowest BCUT2D eigenvalue weighted by Gasteiger charge is -2.15. The number of sulfonamides is 1. The first-order valence-electron chi connectivity index (χ1n) is 6.93. The highest BCUT2D eigenvalue weighted by Crippen LogP contribution is 2.20. The molecule has 0 aromatic heterocycles. The maximum absolute atomic E-state index is 12.2. The number of hydrogen-bond acceptors (Lipinski definition) is 4. The highest BCUT2D eigenvalue weighted by Gasteiger charge is 2.26. The summed E-state index contributed by atoms with van der Waals surface area (Å²) in [6, 6.07) is 6.87. The van der Waals surface area contributed by atoms with Crippen LogP contribution in [0.5, 0.6) is 0 Å². The van der Waals surface area contributed by atoms with E-state index in [1.165, 1.54) is 0 Å². The first-order chi connectivity index (χ1) is 9.53. The normalized spacial score (nSPS) is 23.1. The summed E-state index contributed by atoms with van der Waals surface area (Å²) >= 11 is 0. The number of nitrogens with one attached hydrogen (secondary N) is 1. The molecule has 20 heavy (non-hydrogen) atoms. The Balaban J connectivity index is 1.98. The lowest BCUT2D eigenvalue weighted by atomic mass is 10.0. The van der Waals surface area contributed by atoms with E-state index in [9.17, 15) is 8.42 Å². The van der Waals surface area contributed by atoms with Crippen molar-refractivity contribution in [3.63, 3.8) is 0 Å². The lowest BCUT2D eigenvalue weighted by Crippen LogP contribution is -2.32. The summed E-state index contributed by atoms with van der Waals surface area (Å²) in [4.78, 5) is 0.296. The second kappa shape index (κ2) is 6.67. The van der Waals surface area contributed by atoms with Crippen molar-refractivity contribution in [2.24, 2.45) is 11.7 Å². The molecule has 0 bridgehead atoms. The van der Waals surface area contributed by atoms with E-state index in [0.717, 1.165) is 18.4 Å². The van der Waals surface area contributed by atoms with Crippen LogP contribution in [-0.2, 0) is 21.2 Å². The molecule has 1 saturated heterocycles. The van der Waals surface area contributed by atoms with Gasteiger partial charge in [0.25, 0.3) is 0 Å². The van der Waals surface area contributed by atoms with Crippen LogP contribution >= 0.6 is 0 Å². The summed E-state index contributed by atoms with van der Waals surface area (Å²) in [5.41, 5.74) is 6.52. The molecule has 0 amide bonds. The van der Waals surface area contributed by atoms with E-state index in [1.807, 2.05) is 19.1 Å². The Morgan fingerprint density at radius 3 is 2.60 bits per heavy atom. The molecule has 6 heteroatoms. The molecule has 2 unspecified atom stereocenters. The van der Waals surface area contributed by atoms with Crippen LogP contribution in [0, 0.1) is 5.92 Å². The van der Waals surface area contributed by atoms with Gasteiger partial charge in [0, 0.05) is 19.1 Å². The van der Waals surface area contributed by atoms with Crippen LogP contribution in [0.2, 0.25) is 0 Å². The summed E-state index contributed by atoms with van der Waals surface area (Å²) in [7, 11) is -3.44. The minimum Gasteiger partial charge on any atom is -0.378 e. The van der Waals surface area contributed by atoms with Gasteiger partial charge in [-0.3, -0.25) is 0 Å². The Morgan fingerprint density at radius 1 is 1.35 bits per heavy atom. The van der Waals surface area contributed by atoms with E-state index in [2.05, 4.69) is 4.72 Å². The molecule has 5 nitrogen and oxygen atoms in total. The molecule has 112 valence electrons. The number of rotatable bonds is 6. The van der Waals surface area contributed by atoms with Gasteiger partial charge in [0.15, 0.2) is 0 Å². The van der Waals surface area contributed by atoms with Crippen LogP contribution in [-0.4, -0.2) is 34.2 Å². The molecule has 1 aromatic rings. The fraction of sp³-hybridized carbons (Fsp3) is 0.571. The smallest absolute Gasteiger partial charge is 0.240 e. The maximum Gasteiger partial charge on any atom is 0.240 e. The lowest BCUT2D eigenvalue weighted by molar-refractivity contribution is 0.107. The van der Waals surface area contributed by atoms with Gasteiger partial charge in [0.05, 0.1) is 11.0 Å². The zero-order valence-electron chi connectivity index (χ0n) is 11.7. The van der Waals surface area contributed by atoms with E-state index >= 15 is 0 Å². The van der Waals surface area contributed by atoms with E-state index < -0.39 is 10.0 Å². The average Bonchev–Trinajstić information content (AvgIpc) is 2.83. The molecule has 2 rings (SSSR count). The summed E-state index contributed by atoms with van der Waals surface area (Å²) < 4.78 is 32.5. The quantitative estimate of drug-likeness (QED) is 0.817. The maximum atomic E-state index is 12.2. The highest BCUT2D eigenvalue weighted by molar-refractivity contribution is 7.89. The molecule has 2 atom stereocenters. The van der Waals surface area contributed by atoms with Gasteiger partial charge < -0.3 is 10.5 Å². The standard InChI is InChI=1S/C14H22N2O3S/c1-11-13(7-9-19-11)10-16-20(17,18)14-4-2-12(3-5-14)6-8-15/h2-5,11,13,16H,6-10,15H2,1H3. The number of ether oxygens (including phenoxy) is 1. The van der Waals surface area contributed by atoms with E-state index in [4.69, 9.17) is 10.5 Å². The molecular formula is C14H22N2O3S. The monoisotopic (exact) mass is 298 g/mol. The van der Waals surface area contributed by atoms with Crippen molar-refractivity contribution in [3.05, 3.63) is 29.8 Å². The molecule has 3 N–H and O–H groups in total. The average molecular weight is 298 g/mol. The molecule has 1 aliphatic rings. The second-order valence-electron chi connectivity index (χ2n) is 5.16. The van der Waals surface area contributed by atoms with Crippen molar-refractivity contribution in [1.82, 2.24) is 4.72 Å². The molecular weight excluding hydrogens is 276 g/mol. The Bertz CT molecular complexity index is 528. The van der Waals surface area contributed by atoms with Gasteiger partial charge >= 0.3 is 0 Å². The van der Waals surface area contributed by atoms with Crippen molar-refractivity contribution in [2.75, 3.05) is 19.7 Å². The molecule has 0 aliphatic carbocycles. The third-order valence-electron chi connectivity index (χ3n) is 3.74. The summed E-state index contributed by atoms with van der Waals surface area (Å²) in [5, 5.41) is 0. The predicted octanol–water partition coefficient (Wildman–Crippen LogP) is 0.891. The largest absolute Gasteiger partial charge is 0.378 e. The van der Waals surface area contributed by atoms with Crippen LogP contribution in [0.3, 0.4) is 0 Å². The van der Waals surface area contributed by atoms with Crippen LogP contribution in [0.15, 0.2) is 29.2 Å². The van der Waals surface area contributed by atoms with Gasteiger partial charge in [-0.25, -0.2) is 13.1 Å². The Kier molecular flexibility index (Phi) is 5.15. The number of benzene rings is 1. The van der Waals surface area contributed by atoms with Crippen molar-refractivity contribution in [1.29, 1.82) is 0 Å². The fourth-order valence-corrected chi connectivity index (χ4v) is 3.44. The highest BCUT2D eigenvalue weighted by atomic mass is 32.2. The number of hydrogen-bond donors (Lipinski definition) is 2. The van der Waals surface area contributed by atoms with Crippen molar-refractivity contribution < 1.29 is 13.2 Å². The van der Waals surface area contributed by atoms with Crippen LogP contribution in [0.4, 0.5) is 0 Å². The van der Waals surface area contributed by atoms with Gasteiger partial charge in [-0.05, 0) is 44.0 Å². The predicted molar refractivity (Wildman–Crippen MR) is 77.9 cm³/mol. The van der Waals surface area contributed by atoms with E-state index in [-0.39, 0.29) is 12.0 Å². The van der Waals surface area contributed by atoms with Gasteiger partial charge in [0.2, 0.25) is 10.0 Å². The topological polar surface area (TPSA) is 81.4 Å². The molecule has 0 spiro atoms. The number of nitrogens with two attached hydrogens (primary N) is 1. The fourth-order valence-electron chi connectivity index (χ4n) is 2.35. The van der Waals surface area contributed by atoms with E-state index in [1.54, 1.807) is 12.1 Å². The molecule has 1 aromatic carbocycles. The summed E-state index contributed by atoms with van der Waals surface area (Å²) in [6.07, 6.45) is 1.77. The van der Waals surface area contributed by atoms with Crippen LogP contribution < -0.4 is 10.5 Å². The molecule has 0 saturated carbocycles. The van der Waals surface area contributed by atoms with Crippen molar-refractivity contribution in [3.8, 4) is 0 Å². The summed E-state index contributed by atoms with van der Waals surface area (Å²) in [6.45, 7) is 3.67. The first-order valence-corrected chi connectivity index (χ1v) is 8.41. The van der Waals surface area contributed by atoms with Gasteiger partial charge in [-0.2, -0.15) is 0 Å². The molecule has 1 fully saturated rings. The van der Waals surface area contributed by atoms with Crippen molar-refractivity contribution >= 4 is 10.0 Å². The third kappa shape index (κ3) is 3.79. The van der Waals surface area contributed by atoms with Gasteiger partial charge in [-0.15, -0.1) is 0 Å². The molecule has 1 aliphatic heterocycles. The Hall–Kier alpha value is -0.950. The minimum atomic E-state index is -3.44. The van der Waals surface area contributed by atoms with Crippen molar-refractivity contribution in [2.45, 2.75) is 30.8 Å². The zero-order valence-corrected chi connectivity index (χ0v) is 12.5. The first kappa shape index (κ1) is 15.4. The minimum absolute atomic E-state index is 0.115. The van der Waals surface area contributed by atoms with Gasteiger partial charge in [0.1, 0.15) is 0 Å². The Labute approximate surface area is 120 Å². The third-order valence-corrected chi connectivity index (χ3v) is 5.17. The van der Waals surface area contributed by atoms with E-state index in [0.29, 0.717) is 24.6 Å².